The van der Waals surface area contributed by atoms with Crippen molar-refractivity contribution in [3.05, 3.63) is 52.9 Å². The lowest BCUT2D eigenvalue weighted by molar-refractivity contribution is 0.206. The Balaban J connectivity index is 1.31. The van der Waals surface area contributed by atoms with Crippen molar-refractivity contribution in [3.63, 3.8) is 0 Å². The molecule has 4 rings (SSSR count). The van der Waals surface area contributed by atoms with Gasteiger partial charge in [0.25, 0.3) is 0 Å². The van der Waals surface area contributed by atoms with Crippen LogP contribution < -0.4 is 10.6 Å². The molecule has 0 aliphatic carbocycles. The van der Waals surface area contributed by atoms with E-state index in [-0.39, 0.29) is 6.03 Å². The van der Waals surface area contributed by atoms with Gasteiger partial charge in [0, 0.05) is 42.3 Å². The van der Waals surface area contributed by atoms with Crippen LogP contribution in [-0.4, -0.2) is 50.3 Å². The van der Waals surface area contributed by atoms with Gasteiger partial charge in [-0.15, -0.1) is 11.3 Å². The fourth-order valence-electron chi connectivity index (χ4n) is 3.88. The van der Waals surface area contributed by atoms with Crippen molar-refractivity contribution in [1.29, 1.82) is 0 Å². The van der Waals surface area contributed by atoms with Gasteiger partial charge in [-0.25, -0.2) is 19.4 Å². The maximum absolute atomic E-state index is 11.6. The summed E-state index contributed by atoms with van der Waals surface area (Å²) in [6, 6.07) is 5.97. The van der Waals surface area contributed by atoms with Gasteiger partial charge in [-0.05, 0) is 63.4 Å². The van der Waals surface area contributed by atoms with Crippen molar-refractivity contribution in [2.24, 2.45) is 0 Å². The number of amides is 2. The molecule has 30 heavy (non-hydrogen) atoms. The highest BCUT2D eigenvalue weighted by atomic mass is 32.1. The lowest BCUT2D eigenvalue weighted by atomic mass is 9.88. The van der Waals surface area contributed by atoms with Crippen LogP contribution in [0.1, 0.15) is 41.8 Å². The molecule has 3 aromatic rings. The number of piperidine rings is 1. The van der Waals surface area contributed by atoms with Crippen LogP contribution in [0.15, 0.2) is 36.8 Å². The van der Waals surface area contributed by atoms with Crippen molar-refractivity contribution < 1.29 is 4.79 Å². The molecule has 8 nitrogen and oxygen atoms in total. The molecule has 0 aromatic carbocycles. The number of pyridine rings is 1. The Bertz CT molecular complexity index is 977. The molecule has 1 aliphatic heterocycles. The van der Waals surface area contributed by atoms with Crippen LogP contribution in [0.25, 0.3) is 5.82 Å². The van der Waals surface area contributed by atoms with E-state index in [0.29, 0.717) is 17.6 Å². The molecule has 0 atom stereocenters. The van der Waals surface area contributed by atoms with Crippen molar-refractivity contribution in [3.8, 4) is 5.82 Å². The van der Waals surface area contributed by atoms with Crippen molar-refractivity contribution in [2.45, 2.75) is 39.2 Å². The molecule has 0 saturated carbocycles. The van der Waals surface area contributed by atoms with Gasteiger partial charge >= 0.3 is 6.03 Å². The highest BCUT2D eigenvalue weighted by molar-refractivity contribution is 7.15. The summed E-state index contributed by atoms with van der Waals surface area (Å²) in [5.74, 6) is 1.40. The number of carbonyl (C=O) groups excluding carboxylic acids is 1. The number of aryl methyl sites for hydroxylation is 1. The number of likely N-dealkylation sites (tertiary alicyclic amines) is 1. The minimum absolute atomic E-state index is 0.207. The van der Waals surface area contributed by atoms with E-state index in [0.717, 1.165) is 44.0 Å². The zero-order chi connectivity index (χ0) is 20.9. The molecular formula is C21H27N7OS. The molecule has 3 aromatic heterocycles. The Hall–Kier alpha value is -2.78. The monoisotopic (exact) mass is 425 g/mol. The molecule has 0 bridgehead atoms. The highest BCUT2D eigenvalue weighted by Gasteiger charge is 2.23. The number of nitrogens with one attached hydrogen (secondary N) is 2. The number of urea groups is 1. The zero-order valence-electron chi connectivity index (χ0n) is 17.3. The van der Waals surface area contributed by atoms with Crippen LogP contribution in [0.4, 0.5) is 9.93 Å². The second-order valence-electron chi connectivity index (χ2n) is 7.46. The van der Waals surface area contributed by atoms with Crippen molar-refractivity contribution in [1.82, 2.24) is 30.0 Å². The number of thiazole rings is 1. The Kier molecular flexibility index (Phi) is 6.39. The minimum Gasteiger partial charge on any atom is -0.338 e. The van der Waals surface area contributed by atoms with E-state index in [4.69, 9.17) is 4.98 Å². The number of rotatable bonds is 6. The molecule has 2 N–H and O–H groups in total. The van der Waals surface area contributed by atoms with Gasteiger partial charge in [0.15, 0.2) is 10.9 Å². The topological polar surface area (TPSA) is 88.0 Å². The fraction of sp³-hybridized carbons (Fsp3) is 0.429. The predicted octanol–water partition coefficient (Wildman–Crippen LogP) is 3.55. The summed E-state index contributed by atoms with van der Waals surface area (Å²) in [6.45, 7) is 7.54. The third-order valence-corrected chi connectivity index (χ3v) is 6.27. The molecule has 0 radical (unpaired) electrons. The summed E-state index contributed by atoms with van der Waals surface area (Å²) in [5, 5.41) is 10.4. The molecule has 1 saturated heterocycles. The summed E-state index contributed by atoms with van der Waals surface area (Å²) < 4.78 is 1.80. The number of hydrogen-bond donors (Lipinski definition) is 2. The van der Waals surface area contributed by atoms with E-state index in [1.807, 2.05) is 25.4 Å². The molecule has 9 heteroatoms. The smallest absolute Gasteiger partial charge is 0.321 e. The van der Waals surface area contributed by atoms with Crippen molar-refractivity contribution in [2.75, 3.05) is 25.0 Å². The maximum atomic E-state index is 11.6. The Labute approximate surface area is 180 Å². The van der Waals surface area contributed by atoms with Crippen LogP contribution in [0.5, 0.6) is 0 Å². The summed E-state index contributed by atoms with van der Waals surface area (Å²) in [6.07, 6.45) is 7.78. The molecule has 1 fully saturated rings. The fourth-order valence-corrected chi connectivity index (χ4v) is 4.73. The Morgan fingerprint density at radius 2 is 2.13 bits per heavy atom. The van der Waals surface area contributed by atoms with Crippen LogP contribution in [0, 0.1) is 6.92 Å². The first-order chi connectivity index (χ1) is 14.6. The van der Waals surface area contributed by atoms with Gasteiger partial charge < -0.3 is 5.32 Å². The molecule has 4 heterocycles. The van der Waals surface area contributed by atoms with Crippen LogP contribution in [0.2, 0.25) is 0 Å². The summed E-state index contributed by atoms with van der Waals surface area (Å²) in [4.78, 5) is 24.3. The van der Waals surface area contributed by atoms with Gasteiger partial charge in [0.05, 0.1) is 0 Å². The Morgan fingerprint density at radius 1 is 1.30 bits per heavy atom. The van der Waals surface area contributed by atoms with E-state index in [1.165, 1.54) is 21.8 Å². The van der Waals surface area contributed by atoms with E-state index in [9.17, 15) is 4.79 Å². The van der Waals surface area contributed by atoms with E-state index < -0.39 is 0 Å². The van der Waals surface area contributed by atoms with E-state index in [1.54, 1.807) is 10.9 Å². The van der Waals surface area contributed by atoms with Gasteiger partial charge in [-0.3, -0.25) is 10.2 Å². The van der Waals surface area contributed by atoms with Crippen molar-refractivity contribution >= 4 is 22.5 Å². The van der Waals surface area contributed by atoms with Gasteiger partial charge in [0.2, 0.25) is 0 Å². The van der Waals surface area contributed by atoms with Crippen LogP contribution >= 0.6 is 11.3 Å². The van der Waals surface area contributed by atoms with Crippen LogP contribution in [-0.2, 0) is 6.54 Å². The van der Waals surface area contributed by atoms with E-state index >= 15 is 0 Å². The maximum Gasteiger partial charge on any atom is 0.321 e. The first-order valence-electron chi connectivity index (χ1n) is 10.3. The average Bonchev–Trinajstić information content (AvgIpc) is 3.41. The lowest BCUT2D eigenvalue weighted by Gasteiger charge is -2.32. The lowest BCUT2D eigenvalue weighted by Crippen LogP contribution is -2.32. The highest BCUT2D eigenvalue weighted by Crippen LogP contribution is 2.31. The first-order valence-corrected chi connectivity index (χ1v) is 11.1. The quantitative estimate of drug-likeness (QED) is 0.631. The Morgan fingerprint density at radius 3 is 2.83 bits per heavy atom. The molecular weight excluding hydrogens is 398 g/mol. The molecule has 1 aliphatic rings. The number of aromatic nitrogens is 4. The standard InChI is InChI=1S/C21H27N7OS/c1-3-22-20(29)26-21-23-13-17(30-21)14-27-11-7-16(8-12-27)18-5-6-19(25-15(18)2)28-10-4-9-24-28/h4-6,9-10,13,16H,3,7-8,11-12,14H2,1-2H3,(H2,22,23,26,29). The molecule has 0 unspecified atom stereocenters. The average molecular weight is 426 g/mol. The van der Waals surface area contributed by atoms with Gasteiger partial charge in [-0.1, -0.05) is 6.07 Å². The third kappa shape index (κ3) is 4.85. The molecule has 0 spiro atoms. The number of anilines is 1. The zero-order valence-corrected chi connectivity index (χ0v) is 18.2. The SMILES string of the molecule is CCNC(=O)Nc1ncc(CN2CCC(c3ccc(-n4cccn4)nc3C)CC2)s1. The predicted molar refractivity (Wildman–Crippen MR) is 118 cm³/mol. The normalized spacial score (nSPS) is 15.3. The number of hydrogen-bond acceptors (Lipinski definition) is 6. The summed E-state index contributed by atoms with van der Waals surface area (Å²) in [7, 11) is 0. The second kappa shape index (κ2) is 9.36. The number of nitrogens with zero attached hydrogens (tertiary/aromatic N) is 5. The molecule has 2 amide bonds. The summed E-state index contributed by atoms with van der Waals surface area (Å²) in [5.41, 5.74) is 2.43. The third-order valence-electron chi connectivity index (χ3n) is 5.37. The minimum atomic E-state index is -0.207. The van der Waals surface area contributed by atoms with Gasteiger partial charge in [0.1, 0.15) is 0 Å². The first kappa shape index (κ1) is 20.5. The number of carbonyl (C=O) groups is 1. The second-order valence-corrected chi connectivity index (χ2v) is 8.58. The largest absolute Gasteiger partial charge is 0.338 e. The van der Waals surface area contributed by atoms with Gasteiger partial charge in [-0.2, -0.15) is 5.10 Å². The summed E-state index contributed by atoms with van der Waals surface area (Å²) >= 11 is 1.54. The van der Waals surface area contributed by atoms with Crippen LogP contribution in [0.3, 0.4) is 0 Å². The molecule has 158 valence electrons. The van der Waals surface area contributed by atoms with E-state index in [2.05, 4.69) is 44.7 Å².